The number of aromatic carboxylic acids is 1. The maximum Gasteiger partial charge on any atom is 0.335 e. The highest BCUT2D eigenvalue weighted by molar-refractivity contribution is 5.92. The minimum atomic E-state index is -0.943. The van der Waals surface area contributed by atoms with Gasteiger partial charge in [-0.3, -0.25) is 9.25 Å². The fraction of sp³-hybridized carbons (Fsp3) is 0.214. The fourth-order valence-electron chi connectivity index (χ4n) is 2.31. The summed E-state index contributed by atoms with van der Waals surface area (Å²) in [5.41, 5.74) is 3.67. The quantitative estimate of drug-likeness (QED) is 0.790. The lowest BCUT2D eigenvalue weighted by atomic mass is 10.2. The summed E-state index contributed by atoms with van der Waals surface area (Å²) < 4.78 is 3.63. The Morgan fingerprint density at radius 1 is 1.40 bits per heavy atom. The van der Waals surface area contributed by atoms with Gasteiger partial charge in [0.2, 0.25) is 0 Å². The number of aromatic nitrogens is 4. The van der Waals surface area contributed by atoms with Gasteiger partial charge in [-0.15, -0.1) is 0 Å². The van der Waals surface area contributed by atoms with E-state index in [9.17, 15) is 4.79 Å². The van der Waals surface area contributed by atoms with Gasteiger partial charge in [0.25, 0.3) is 0 Å². The molecule has 0 saturated carbocycles. The van der Waals surface area contributed by atoms with Crippen LogP contribution in [-0.2, 0) is 13.5 Å². The van der Waals surface area contributed by atoms with E-state index >= 15 is 0 Å². The minimum Gasteiger partial charge on any atom is -0.478 e. The zero-order chi connectivity index (χ0) is 14.3. The molecule has 0 spiro atoms. The number of carboxylic acids is 1. The second-order valence-corrected chi connectivity index (χ2v) is 4.61. The van der Waals surface area contributed by atoms with Gasteiger partial charge in [-0.25, -0.2) is 9.78 Å². The summed E-state index contributed by atoms with van der Waals surface area (Å²) >= 11 is 0. The lowest BCUT2D eigenvalue weighted by Crippen LogP contribution is -1.98. The van der Waals surface area contributed by atoms with E-state index in [0.29, 0.717) is 0 Å². The molecular formula is C14H14N4O2. The predicted octanol–water partition coefficient (Wildman–Crippen LogP) is 2.02. The van der Waals surface area contributed by atoms with Crippen molar-refractivity contribution in [2.45, 2.75) is 13.3 Å². The topological polar surface area (TPSA) is 72.9 Å². The molecule has 20 heavy (non-hydrogen) atoms. The number of nitrogens with zero attached hydrogens (tertiary/aromatic N) is 4. The number of carboxylic acid groups (broad SMARTS) is 1. The smallest absolute Gasteiger partial charge is 0.335 e. The van der Waals surface area contributed by atoms with Crippen LogP contribution in [0.3, 0.4) is 0 Å². The van der Waals surface area contributed by atoms with E-state index in [1.165, 1.54) is 0 Å². The molecule has 1 aromatic carbocycles. The van der Waals surface area contributed by atoms with Crippen molar-refractivity contribution in [2.24, 2.45) is 7.05 Å². The van der Waals surface area contributed by atoms with Crippen molar-refractivity contribution in [2.75, 3.05) is 0 Å². The van der Waals surface area contributed by atoms with Gasteiger partial charge >= 0.3 is 5.97 Å². The number of hydrogen-bond acceptors (Lipinski definition) is 3. The van der Waals surface area contributed by atoms with Gasteiger partial charge in [0.15, 0.2) is 0 Å². The van der Waals surface area contributed by atoms with Gasteiger partial charge in [-0.1, -0.05) is 6.92 Å². The first-order valence-corrected chi connectivity index (χ1v) is 6.33. The van der Waals surface area contributed by atoms with Crippen LogP contribution in [0.5, 0.6) is 0 Å². The van der Waals surface area contributed by atoms with E-state index in [0.717, 1.165) is 28.8 Å². The average molecular weight is 270 g/mol. The number of hydrogen-bond donors (Lipinski definition) is 1. The van der Waals surface area contributed by atoms with Crippen LogP contribution in [0.4, 0.5) is 0 Å². The molecule has 102 valence electrons. The third-order valence-corrected chi connectivity index (χ3v) is 3.27. The Hall–Kier alpha value is -2.63. The summed E-state index contributed by atoms with van der Waals surface area (Å²) in [5, 5.41) is 13.5. The molecule has 2 aromatic heterocycles. The average Bonchev–Trinajstić information content (AvgIpc) is 3.00. The molecule has 6 heteroatoms. The first kappa shape index (κ1) is 12.4. The van der Waals surface area contributed by atoms with Crippen LogP contribution in [0.2, 0.25) is 0 Å². The standard InChI is InChI=1S/C14H14N4O2/c1-3-10-13(7-17(2)16-10)18-8-15-11-5-4-9(14(19)20)6-12(11)18/h4-8H,3H2,1-2H3,(H,19,20). The van der Waals surface area contributed by atoms with Gasteiger partial charge in [0.05, 0.1) is 28.0 Å². The van der Waals surface area contributed by atoms with Crippen LogP contribution < -0.4 is 0 Å². The number of carbonyl (C=O) groups is 1. The number of rotatable bonds is 3. The Balaban J connectivity index is 2.25. The highest BCUT2D eigenvalue weighted by atomic mass is 16.4. The molecule has 6 nitrogen and oxygen atoms in total. The summed E-state index contributed by atoms with van der Waals surface area (Å²) in [7, 11) is 1.87. The zero-order valence-electron chi connectivity index (χ0n) is 11.2. The molecule has 1 N–H and O–H groups in total. The van der Waals surface area contributed by atoms with E-state index in [1.807, 2.05) is 24.7 Å². The first-order chi connectivity index (χ1) is 9.60. The molecule has 0 aliphatic rings. The predicted molar refractivity (Wildman–Crippen MR) is 74.2 cm³/mol. The molecule has 0 aliphatic carbocycles. The van der Waals surface area contributed by atoms with Crippen molar-refractivity contribution in [3.05, 3.63) is 42.0 Å². The summed E-state index contributed by atoms with van der Waals surface area (Å²) in [4.78, 5) is 15.4. The van der Waals surface area contributed by atoms with E-state index in [4.69, 9.17) is 5.11 Å². The Morgan fingerprint density at radius 3 is 2.90 bits per heavy atom. The lowest BCUT2D eigenvalue weighted by molar-refractivity contribution is 0.0697. The van der Waals surface area contributed by atoms with Crippen molar-refractivity contribution in [1.82, 2.24) is 19.3 Å². The monoisotopic (exact) mass is 270 g/mol. The Labute approximate surface area is 115 Å². The van der Waals surface area contributed by atoms with E-state index < -0.39 is 5.97 Å². The van der Waals surface area contributed by atoms with E-state index in [1.54, 1.807) is 29.2 Å². The largest absolute Gasteiger partial charge is 0.478 e. The van der Waals surface area contributed by atoms with Crippen LogP contribution in [0.25, 0.3) is 16.7 Å². The van der Waals surface area contributed by atoms with E-state index in [2.05, 4.69) is 10.1 Å². The molecule has 3 rings (SSSR count). The molecule has 3 aromatic rings. The molecule has 0 amide bonds. The third kappa shape index (κ3) is 1.85. The van der Waals surface area contributed by atoms with Gasteiger partial charge in [-0.2, -0.15) is 5.10 Å². The Morgan fingerprint density at radius 2 is 2.20 bits per heavy atom. The van der Waals surface area contributed by atoms with Crippen molar-refractivity contribution < 1.29 is 9.90 Å². The molecule has 0 aliphatic heterocycles. The normalized spacial score (nSPS) is 11.1. The number of benzene rings is 1. The van der Waals surface area contributed by atoms with Gasteiger partial charge < -0.3 is 5.11 Å². The Kier molecular flexibility index (Phi) is 2.78. The maximum absolute atomic E-state index is 11.1. The van der Waals surface area contributed by atoms with Gasteiger partial charge in [-0.05, 0) is 24.6 Å². The van der Waals surface area contributed by atoms with Crippen LogP contribution in [0, 0.1) is 0 Å². The molecule has 2 heterocycles. The number of imidazole rings is 1. The third-order valence-electron chi connectivity index (χ3n) is 3.27. The van der Waals surface area contributed by atoms with Crippen molar-refractivity contribution >= 4 is 17.0 Å². The highest BCUT2D eigenvalue weighted by Crippen LogP contribution is 2.22. The van der Waals surface area contributed by atoms with Gasteiger partial charge in [0, 0.05) is 13.2 Å². The molecule has 0 atom stereocenters. The summed E-state index contributed by atoms with van der Waals surface area (Å²) in [5.74, 6) is -0.943. The highest BCUT2D eigenvalue weighted by Gasteiger charge is 2.13. The molecule has 0 radical (unpaired) electrons. The second kappa shape index (κ2) is 4.48. The molecule has 0 fully saturated rings. The molecule has 0 saturated heterocycles. The maximum atomic E-state index is 11.1. The lowest BCUT2D eigenvalue weighted by Gasteiger charge is -2.03. The van der Waals surface area contributed by atoms with Crippen LogP contribution >= 0.6 is 0 Å². The fourth-order valence-corrected chi connectivity index (χ4v) is 2.31. The summed E-state index contributed by atoms with van der Waals surface area (Å²) in [6.45, 7) is 2.04. The number of aryl methyl sites for hydroxylation is 2. The van der Waals surface area contributed by atoms with Crippen molar-refractivity contribution in [3.63, 3.8) is 0 Å². The zero-order valence-corrected chi connectivity index (χ0v) is 11.2. The van der Waals surface area contributed by atoms with Crippen molar-refractivity contribution in [1.29, 1.82) is 0 Å². The van der Waals surface area contributed by atoms with Crippen molar-refractivity contribution in [3.8, 4) is 5.69 Å². The first-order valence-electron chi connectivity index (χ1n) is 6.33. The SMILES string of the molecule is CCc1nn(C)cc1-n1cnc2ccc(C(=O)O)cc21. The molecule has 0 unspecified atom stereocenters. The molecular weight excluding hydrogens is 256 g/mol. The summed E-state index contributed by atoms with van der Waals surface area (Å²) in [6.07, 6.45) is 4.41. The molecule has 0 bridgehead atoms. The van der Waals surface area contributed by atoms with Crippen LogP contribution in [0.1, 0.15) is 23.0 Å². The summed E-state index contributed by atoms with van der Waals surface area (Å²) in [6, 6.07) is 4.92. The van der Waals surface area contributed by atoms with Gasteiger partial charge in [0.1, 0.15) is 6.33 Å². The van der Waals surface area contributed by atoms with Crippen LogP contribution in [0.15, 0.2) is 30.7 Å². The van der Waals surface area contributed by atoms with Crippen LogP contribution in [-0.4, -0.2) is 30.4 Å². The minimum absolute atomic E-state index is 0.251. The van der Waals surface area contributed by atoms with E-state index in [-0.39, 0.29) is 5.56 Å². The Bertz CT molecular complexity index is 801. The second-order valence-electron chi connectivity index (χ2n) is 4.61. The number of fused-ring (bicyclic) bond motifs is 1.